The Bertz CT molecular complexity index is 826. The average molecular weight is 319 g/mol. The number of benzene rings is 1. The van der Waals surface area contributed by atoms with E-state index < -0.39 is 0 Å². The van der Waals surface area contributed by atoms with Crippen molar-refractivity contribution in [3.63, 3.8) is 0 Å². The quantitative estimate of drug-likeness (QED) is 0.667. The molecular formula is C15H15ClN4S. The van der Waals surface area contributed by atoms with Gasteiger partial charge in [-0.2, -0.15) is 0 Å². The number of anilines is 1. The summed E-state index contributed by atoms with van der Waals surface area (Å²) in [5.74, 6) is 0.646. The van der Waals surface area contributed by atoms with Crippen LogP contribution in [-0.4, -0.2) is 29.0 Å². The van der Waals surface area contributed by atoms with Crippen molar-refractivity contribution in [2.24, 2.45) is 0 Å². The Kier molecular flexibility index (Phi) is 3.55. The van der Waals surface area contributed by atoms with Crippen LogP contribution in [-0.2, 0) is 0 Å². The highest BCUT2D eigenvalue weighted by Crippen LogP contribution is 2.31. The molecule has 1 aromatic carbocycles. The minimum atomic E-state index is 0.476. The topological polar surface area (TPSA) is 41.9 Å². The number of hydrogen-bond acceptors (Lipinski definition) is 5. The Morgan fingerprint density at radius 2 is 1.86 bits per heavy atom. The number of nitrogens with zero attached hydrogens (tertiary/aromatic N) is 4. The minimum Gasteiger partial charge on any atom is -0.378 e. The monoisotopic (exact) mass is 318 g/mol. The lowest BCUT2D eigenvalue weighted by Gasteiger charge is -2.13. The van der Waals surface area contributed by atoms with Crippen molar-refractivity contribution in [2.45, 2.75) is 13.8 Å². The zero-order valence-corrected chi connectivity index (χ0v) is 13.9. The van der Waals surface area contributed by atoms with Crippen molar-refractivity contribution in [1.82, 2.24) is 15.0 Å². The summed E-state index contributed by atoms with van der Waals surface area (Å²) in [4.78, 5) is 16.5. The van der Waals surface area contributed by atoms with E-state index in [0.29, 0.717) is 11.0 Å². The van der Waals surface area contributed by atoms with Gasteiger partial charge in [0.05, 0.1) is 21.1 Å². The maximum Gasteiger partial charge on any atom is 0.173 e. The summed E-state index contributed by atoms with van der Waals surface area (Å²) in [6, 6.07) is 6.01. The van der Waals surface area contributed by atoms with Crippen molar-refractivity contribution in [3.05, 3.63) is 34.1 Å². The molecule has 6 heteroatoms. The van der Waals surface area contributed by atoms with E-state index in [4.69, 9.17) is 11.6 Å². The first-order valence-corrected chi connectivity index (χ1v) is 7.74. The first-order valence-electron chi connectivity index (χ1n) is 6.54. The largest absolute Gasteiger partial charge is 0.378 e. The number of aryl methyl sites for hydroxylation is 2. The second-order valence-electron chi connectivity index (χ2n) is 5.08. The maximum absolute atomic E-state index is 6.36. The summed E-state index contributed by atoms with van der Waals surface area (Å²) in [5.41, 5.74) is 2.87. The van der Waals surface area contributed by atoms with Gasteiger partial charge in [-0.15, -0.1) is 11.3 Å². The molecule has 0 aliphatic rings. The van der Waals surface area contributed by atoms with Gasteiger partial charge in [0.15, 0.2) is 5.82 Å². The number of aromatic nitrogens is 3. The fraction of sp³-hybridized carbons (Fsp3) is 0.267. The van der Waals surface area contributed by atoms with Crippen LogP contribution in [0.3, 0.4) is 0 Å². The van der Waals surface area contributed by atoms with Crippen LogP contribution in [0.25, 0.3) is 21.6 Å². The van der Waals surface area contributed by atoms with Crippen LogP contribution in [0.2, 0.25) is 5.15 Å². The van der Waals surface area contributed by atoms with E-state index in [1.807, 2.05) is 51.0 Å². The van der Waals surface area contributed by atoms with Gasteiger partial charge < -0.3 is 4.90 Å². The summed E-state index contributed by atoms with van der Waals surface area (Å²) in [6.07, 6.45) is 0. The molecule has 0 aliphatic carbocycles. The fourth-order valence-corrected chi connectivity index (χ4v) is 3.28. The van der Waals surface area contributed by atoms with Gasteiger partial charge in [0.2, 0.25) is 0 Å². The zero-order valence-electron chi connectivity index (χ0n) is 12.3. The molecule has 0 atom stereocenters. The summed E-state index contributed by atoms with van der Waals surface area (Å²) in [5, 5.41) is 2.35. The molecule has 0 bridgehead atoms. The molecule has 0 N–H and O–H groups in total. The summed E-state index contributed by atoms with van der Waals surface area (Å²) < 4.78 is 0. The summed E-state index contributed by atoms with van der Waals surface area (Å²) >= 11 is 7.95. The lowest BCUT2D eigenvalue weighted by Crippen LogP contribution is -2.08. The zero-order chi connectivity index (χ0) is 15.1. The second-order valence-corrected chi connectivity index (χ2v) is 6.64. The van der Waals surface area contributed by atoms with Crippen LogP contribution in [0.1, 0.15) is 10.7 Å². The molecule has 0 saturated carbocycles. The standard InChI is InChI=1S/C15H15ClN4S/c1-8-13(21-9(2)17-8)15-18-12-6-5-10(20(3)4)7-11(12)14(16)19-15/h5-7H,1-4H3. The van der Waals surface area contributed by atoms with Crippen molar-refractivity contribution in [3.8, 4) is 10.7 Å². The molecule has 3 aromatic rings. The molecule has 0 radical (unpaired) electrons. The number of halogens is 1. The predicted molar refractivity (Wildman–Crippen MR) is 89.5 cm³/mol. The van der Waals surface area contributed by atoms with Gasteiger partial charge >= 0.3 is 0 Å². The molecule has 0 fully saturated rings. The number of rotatable bonds is 2. The molecule has 3 rings (SSSR count). The molecule has 0 amide bonds. The minimum absolute atomic E-state index is 0.476. The molecular weight excluding hydrogens is 304 g/mol. The number of thiazole rings is 1. The first kappa shape index (κ1) is 14.2. The van der Waals surface area contributed by atoms with E-state index in [1.165, 1.54) is 0 Å². The van der Waals surface area contributed by atoms with Gasteiger partial charge in [0.1, 0.15) is 5.15 Å². The lowest BCUT2D eigenvalue weighted by molar-refractivity contribution is 1.13. The Morgan fingerprint density at radius 1 is 1.10 bits per heavy atom. The Labute approximate surface area is 132 Å². The van der Waals surface area contributed by atoms with Gasteiger partial charge in [-0.25, -0.2) is 15.0 Å². The SMILES string of the molecule is Cc1nc(C)c(-c2nc(Cl)c3cc(N(C)C)ccc3n2)s1. The highest BCUT2D eigenvalue weighted by atomic mass is 35.5. The van der Waals surface area contributed by atoms with Crippen LogP contribution in [0, 0.1) is 13.8 Å². The molecule has 0 unspecified atom stereocenters. The number of fused-ring (bicyclic) bond motifs is 1. The fourth-order valence-electron chi connectivity index (χ4n) is 2.20. The van der Waals surface area contributed by atoms with Gasteiger partial charge in [-0.1, -0.05) is 11.6 Å². The highest BCUT2D eigenvalue weighted by molar-refractivity contribution is 7.15. The molecule has 4 nitrogen and oxygen atoms in total. The van der Waals surface area contributed by atoms with Crippen LogP contribution in [0.5, 0.6) is 0 Å². The third-order valence-electron chi connectivity index (χ3n) is 3.26. The molecule has 2 heterocycles. The van der Waals surface area contributed by atoms with Crippen LogP contribution < -0.4 is 4.90 Å². The van der Waals surface area contributed by atoms with E-state index in [9.17, 15) is 0 Å². The van der Waals surface area contributed by atoms with Gasteiger partial charge in [0.25, 0.3) is 0 Å². The first-order chi connectivity index (χ1) is 9.95. The maximum atomic E-state index is 6.36. The smallest absolute Gasteiger partial charge is 0.173 e. The van der Waals surface area contributed by atoms with E-state index in [0.717, 1.165) is 32.2 Å². The summed E-state index contributed by atoms with van der Waals surface area (Å²) in [6.45, 7) is 3.95. The van der Waals surface area contributed by atoms with E-state index in [2.05, 4.69) is 15.0 Å². The molecule has 21 heavy (non-hydrogen) atoms. The van der Waals surface area contributed by atoms with Gasteiger partial charge in [-0.05, 0) is 32.0 Å². The van der Waals surface area contributed by atoms with E-state index in [1.54, 1.807) is 11.3 Å². The Balaban J connectivity index is 2.20. The van der Waals surface area contributed by atoms with Crippen molar-refractivity contribution in [2.75, 3.05) is 19.0 Å². The highest BCUT2D eigenvalue weighted by Gasteiger charge is 2.14. The van der Waals surface area contributed by atoms with Crippen molar-refractivity contribution < 1.29 is 0 Å². The molecule has 0 spiro atoms. The van der Waals surface area contributed by atoms with Gasteiger partial charge in [0, 0.05) is 25.2 Å². The van der Waals surface area contributed by atoms with E-state index >= 15 is 0 Å². The van der Waals surface area contributed by atoms with Crippen LogP contribution in [0.4, 0.5) is 5.69 Å². The normalized spacial score (nSPS) is 11.1. The average Bonchev–Trinajstić information content (AvgIpc) is 2.77. The van der Waals surface area contributed by atoms with E-state index in [-0.39, 0.29) is 0 Å². The van der Waals surface area contributed by atoms with Crippen LogP contribution >= 0.6 is 22.9 Å². The third kappa shape index (κ3) is 2.59. The number of hydrogen-bond donors (Lipinski definition) is 0. The predicted octanol–water partition coefficient (Wildman–Crippen LogP) is 4.09. The molecule has 0 saturated heterocycles. The van der Waals surface area contributed by atoms with Crippen molar-refractivity contribution >= 4 is 39.5 Å². The van der Waals surface area contributed by atoms with Crippen LogP contribution in [0.15, 0.2) is 18.2 Å². The third-order valence-corrected chi connectivity index (χ3v) is 4.61. The Morgan fingerprint density at radius 3 is 2.48 bits per heavy atom. The molecule has 2 aromatic heterocycles. The summed E-state index contributed by atoms with van der Waals surface area (Å²) in [7, 11) is 3.99. The lowest BCUT2D eigenvalue weighted by atomic mass is 10.2. The second kappa shape index (κ2) is 5.24. The van der Waals surface area contributed by atoms with Gasteiger partial charge in [-0.3, -0.25) is 0 Å². The van der Waals surface area contributed by atoms with Crippen molar-refractivity contribution in [1.29, 1.82) is 0 Å². The molecule has 0 aliphatic heterocycles. The molecule has 108 valence electrons. The Hall–Kier alpha value is -1.72.